The van der Waals surface area contributed by atoms with Crippen LogP contribution in [0, 0.1) is 5.92 Å². The monoisotopic (exact) mass is 296 g/mol. The zero-order valence-corrected chi connectivity index (χ0v) is 13.2. The van der Waals surface area contributed by atoms with E-state index in [0.29, 0.717) is 18.3 Å². The molecule has 1 aromatic carbocycles. The van der Waals surface area contributed by atoms with E-state index in [0.717, 1.165) is 26.1 Å². The fraction of sp³-hybridized carbons (Fsp3) is 0.562. The van der Waals surface area contributed by atoms with Gasteiger partial charge in [-0.2, -0.15) is 0 Å². The summed E-state index contributed by atoms with van der Waals surface area (Å²) >= 11 is 0. The molecule has 112 valence electrons. The highest BCUT2D eigenvalue weighted by Crippen LogP contribution is 2.32. The van der Waals surface area contributed by atoms with E-state index >= 15 is 0 Å². The number of piperidine rings is 1. The van der Waals surface area contributed by atoms with Crippen molar-refractivity contribution >= 4 is 18.3 Å². The number of benzene rings is 1. The molecule has 20 heavy (non-hydrogen) atoms. The van der Waals surface area contributed by atoms with Crippen LogP contribution in [-0.4, -0.2) is 37.5 Å². The second-order valence-corrected chi connectivity index (χ2v) is 5.48. The van der Waals surface area contributed by atoms with Crippen molar-refractivity contribution in [1.29, 1.82) is 0 Å². The van der Waals surface area contributed by atoms with Gasteiger partial charge in [-0.25, -0.2) is 0 Å². The Hall–Kier alpha value is -1.06. The molecule has 0 radical (unpaired) electrons. The van der Waals surface area contributed by atoms with Gasteiger partial charge in [0.05, 0.1) is 0 Å². The molecule has 0 spiro atoms. The normalized spacial score (nSPS) is 22.2. The Morgan fingerprint density at radius 1 is 1.35 bits per heavy atom. The molecule has 4 heteroatoms. The van der Waals surface area contributed by atoms with Crippen molar-refractivity contribution in [1.82, 2.24) is 10.2 Å². The summed E-state index contributed by atoms with van der Waals surface area (Å²) in [6.45, 7) is 4.82. The average Bonchev–Trinajstić information content (AvgIpc) is 2.45. The van der Waals surface area contributed by atoms with Gasteiger partial charge in [0.2, 0.25) is 5.91 Å². The Kier molecular flexibility index (Phi) is 7.03. The summed E-state index contributed by atoms with van der Waals surface area (Å²) in [4.78, 5) is 14.1. The fourth-order valence-corrected chi connectivity index (χ4v) is 2.96. The largest absolute Gasteiger partial charge is 0.342 e. The van der Waals surface area contributed by atoms with Crippen LogP contribution in [0.25, 0.3) is 0 Å². The maximum Gasteiger partial charge on any atom is 0.223 e. The number of likely N-dealkylation sites (tertiary alicyclic amines) is 1. The molecular weight excluding hydrogens is 272 g/mol. The minimum absolute atomic E-state index is 0. The van der Waals surface area contributed by atoms with Crippen LogP contribution < -0.4 is 5.32 Å². The highest BCUT2D eigenvalue weighted by molar-refractivity contribution is 5.85. The Balaban J connectivity index is 0.00000200. The van der Waals surface area contributed by atoms with Gasteiger partial charge in [-0.3, -0.25) is 4.79 Å². The van der Waals surface area contributed by atoms with Crippen LogP contribution in [0.2, 0.25) is 0 Å². The molecular formula is C16H25ClN2O. The fourth-order valence-electron chi connectivity index (χ4n) is 2.96. The number of rotatable bonds is 4. The number of hydrogen-bond acceptors (Lipinski definition) is 2. The molecule has 0 aromatic heterocycles. The van der Waals surface area contributed by atoms with Crippen molar-refractivity contribution in [3.05, 3.63) is 35.9 Å². The summed E-state index contributed by atoms with van der Waals surface area (Å²) in [5.41, 5.74) is 1.41. The molecule has 1 amide bonds. The third-order valence-electron chi connectivity index (χ3n) is 4.07. The van der Waals surface area contributed by atoms with Crippen molar-refractivity contribution in [2.75, 3.05) is 26.7 Å². The lowest BCUT2D eigenvalue weighted by atomic mass is 9.81. The molecule has 1 aliphatic heterocycles. The van der Waals surface area contributed by atoms with Gasteiger partial charge < -0.3 is 10.2 Å². The van der Waals surface area contributed by atoms with Crippen molar-refractivity contribution in [3.63, 3.8) is 0 Å². The second kappa shape index (κ2) is 8.28. The molecule has 2 atom stereocenters. The van der Waals surface area contributed by atoms with Crippen molar-refractivity contribution < 1.29 is 4.79 Å². The second-order valence-electron chi connectivity index (χ2n) is 5.48. The molecule has 1 aliphatic rings. The number of nitrogens with one attached hydrogen (secondary N) is 1. The number of carbonyl (C=O) groups is 1. The van der Waals surface area contributed by atoms with Crippen LogP contribution in [0.5, 0.6) is 0 Å². The Labute approximate surface area is 128 Å². The van der Waals surface area contributed by atoms with Crippen LogP contribution in [0.3, 0.4) is 0 Å². The summed E-state index contributed by atoms with van der Waals surface area (Å²) < 4.78 is 0. The molecule has 0 saturated carbocycles. The van der Waals surface area contributed by atoms with E-state index in [2.05, 4.69) is 42.6 Å². The highest BCUT2D eigenvalue weighted by atomic mass is 35.5. The zero-order chi connectivity index (χ0) is 13.7. The van der Waals surface area contributed by atoms with Gasteiger partial charge in [-0.05, 0) is 30.9 Å². The van der Waals surface area contributed by atoms with Crippen molar-refractivity contribution in [2.24, 2.45) is 5.92 Å². The van der Waals surface area contributed by atoms with E-state index < -0.39 is 0 Å². The van der Waals surface area contributed by atoms with E-state index in [4.69, 9.17) is 0 Å². The number of hydrogen-bond donors (Lipinski definition) is 1. The lowest BCUT2D eigenvalue weighted by Gasteiger charge is -2.37. The molecule has 2 unspecified atom stereocenters. The third-order valence-corrected chi connectivity index (χ3v) is 4.07. The highest BCUT2D eigenvalue weighted by Gasteiger charge is 2.29. The predicted octanol–water partition coefficient (Wildman–Crippen LogP) is 2.67. The van der Waals surface area contributed by atoms with E-state index in [1.54, 1.807) is 0 Å². The van der Waals surface area contributed by atoms with Gasteiger partial charge in [0.1, 0.15) is 0 Å². The van der Waals surface area contributed by atoms with Gasteiger partial charge in [0.15, 0.2) is 0 Å². The molecule has 1 fully saturated rings. The molecule has 1 N–H and O–H groups in total. The molecule has 0 bridgehead atoms. The van der Waals surface area contributed by atoms with Crippen molar-refractivity contribution in [3.8, 4) is 0 Å². The molecule has 1 heterocycles. The Morgan fingerprint density at radius 2 is 2.05 bits per heavy atom. The minimum Gasteiger partial charge on any atom is -0.342 e. The smallest absolute Gasteiger partial charge is 0.223 e. The molecule has 0 aliphatic carbocycles. The van der Waals surface area contributed by atoms with E-state index in [-0.39, 0.29) is 18.3 Å². The maximum absolute atomic E-state index is 12.0. The third kappa shape index (κ3) is 4.22. The predicted molar refractivity (Wildman–Crippen MR) is 85.3 cm³/mol. The summed E-state index contributed by atoms with van der Waals surface area (Å²) in [7, 11) is 1.89. The first-order valence-electron chi connectivity index (χ1n) is 7.19. The first kappa shape index (κ1) is 17.0. The standard InChI is InChI=1S/C16H24N2O.ClH/c1-13-12-18(16(19)8-10-17-2)11-9-15(13)14-6-4-3-5-7-14;/h3-7,13,15,17H,8-12H2,1-2H3;1H. The Bertz CT molecular complexity index is 410. The first-order chi connectivity index (χ1) is 9.22. The number of carbonyl (C=O) groups excluding carboxylic acids is 1. The van der Waals surface area contributed by atoms with Crippen LogP contribution in [0.1, 0.15) is 31.2 Å². The molecule has 1 aromatic rings. The van der Waals surface area contributed by atoms with Crippen LogP contribution >= 0.6 is 12.4 Å². The molecule has 1 saturated heterocycles. The van der Waals surface area contributed by atoms with Gasteiger partial charge in [-0.1, -0.05) is 37.3 Å². The lowest BCUT2D eigenvalue weighted by molar-refractivity contribution is -0.133. The summed E-state index contributed by atoms with van der Waals surface area (Å²) in [6, 6.07) is 10.7. The van der Waals surface area contributed by atoms with Gasteiger partial charge >= 0.3 is 0 Å². The average molecular weight is 297 g/mol. The van der Waals surface area contributed by atoms with Crippen molar-refractivity contribution in [2.45, 2.75) is 25.7 Å². The van der Waals surface area contributed by atoms with Crippen LogP contribution in [0.15, 0.2) is 30.3 Å². The lowest BCUT2D eigenvalue weighted by Crippen LogP contribution is -2.42. The summed E-state index contributed by atoms with van der Waals surface area (Å²) in [5.74, 6) is 1.41. The van der Waals surface area contributed by atoms with E-state index in [1.807, 2.05) is 11.9 Å². The van der Waals surface area contributed by atoms with Gasteiger partial charge in [0.25, 0.3) is 0 Å². The van der Waals surface area contributed by atoms with Gasteiger partial charge in [0, 0.05) is 26.1 Å². The molecule has 3 nitrogen and oxygen atoms in total. The van der Waals surface area contributed by atoms with Crippen LogP contribution in [0.4, 0.5) is 0 Å². The number of amides is 1. The first-order valence-corrected chi connectivity index (χ1v) is 7.19. The number of halogens is 1. The maximum atomic E-state index is 12.0. The SMILES string of the molecule is CNCCC(=O)N1CCC(c2ccccc2)C(C)C1.Cl. The van der Waals surface area contributed by atoms with E-state index in [9.17, 15) is 4.79 Å². The zero-order valence-electron chi connectivity index (χ0n) is 12.3. The topological polar surface area (TPSA) is 32.3 Å². The van der Waals surface area contributed by atoms with Crippen LogP contribution in [-0.2, 0) is 4.79 Å². The summed E-state index contributed by atoms with van der Waals surface area (Å²) in [5, 5.41) is 3.04. The molecule has 2 rings (SSSR count). The van der Waals surface area contributed by atoms with Gasteiger partial charge in [-0.15, -0.1) is 12.4 Å². The quantitative estimate of drug-likeness (QED) is 0.926. The number of nitrogens with zero attached hydrogens (tertiary/aromatic N) is 1. The minimum atomic E-state index is 0. The Morgan fingerprint density at radius 3 is 2.65 bits per heavy atom. The summed E-state index contributed by atoms with van der Waals surface area (Å²) in [6.07, 6.45) is 1.69. The van der Waals surface area contributed by atoms with E-state index in [1.165, 1.54) is 5.56 Å².